The Kier molecular flexibility index (Phi) is 6.20. The molecule has 0 aromatic carbocycles. The van der Waals surface area contributed by atoms with Crippen LogP contribution >= 0.6 is 0 Å². The Balaban J connectivity index is 1.22. The summed E-state index contributed by atoms with van der Waals surface area (Å²) in [5.41, 5.74) is 1.34. The summed E-state index contributed by atoms with van der Waals surface area (Å²) in [5.74, 6) is 1.41. The molecule has 3 fully saturated rings. The predicted molar refractivity (Wildman–Crippen MR) is 108 cm³/mol. The van der Waals surface area contributed by atoms with Crippen molar-refractivity contribution in [1.29, 1.82) is 0 Å². The molecule has 2 saturated heterocycles. The molecule has 0 unspecified atom stereocenters. The van der Waals surface area contributed by atoms with Gasteiger partial charge in [-0.25, -0.2) is 0 Å². The first kappa shape index (κ1) is 20.3. The number of carbonyl (C=O) groups excluding carboxylic acids is 2. The van der Waals surface area contributed by atoms with E-state index in [9.17, 15) is 9.59 Å². The lowest BCUT2D eigenvalue weighted by atomic mass is 9.95. The minimum Gasteiger partial charge on any atom is -0.365 e. The fourth-order valence-corrected chi connectivity index (χ4v) is 4.43. The molecule has 4 rings (SSSR count). The van der Waals surface area contributed by atoms with Crippen molar-refractivity contribution >= 4 is 11.8 Å². The number of amides is 2. The standard InChI is InChI=1S/C21H33N5O3/c1-15-9-19(24(2)23-15)21(28)22-10-18-13-26(20(27)14-29-18)12-17-5-7-25(8-6-17)11-16-3-4-16/h9,16-18H,3-8,10-14H2,1-2H3,(H,22,28)/t18-/m1/s1. The summed E-state index contributed by atoms with van der Waals surface area (Å²) in [6, 6.07) is 1.77. The van der Waals surface area contributed by atoms with Crippen LogP contribution in [0.3, 0.4) is 0 Å². The molecule has 1 saturated carbocycles. The summed E-state index contributed by atoms with van der Waals surface area (Å²) < 4.78 is 7.24. The van der Waals surface area contributed by atoms with Gasteiger partial charge in [-0.05, 0) is 63.6 Å². The van der Waals surface area contributed by atoms with Crippen LogP contribution in [0.15, 0.2) is 6.07 Å². The Labute approximate surface area is 172 Å². The maximum absolute atomic E-state index is 12.4. The predicted octanol–water partition coefficient (Wildman–Crippen LogP) is 0.808. The summed E-state index contributed by atoms with van der Waals surface area (Å²) in [7, 11) is 1.76. The fraction of sp³-hybridized carbons (Fsp3) is 0.762. The van der Waals surface area contributed by atoms with Crippen LogP contribution in [0.1, 0.15) is 41.9 Å². The summed E-state index contributed by atoms with van der Waals surface area (Å²) in [4.78, 5) is 29.2. The normalized spacial score (nSPS) is 24.1. The quantitative estimate of drug-likeness (QED) is 0.729. The third-order valence-corrected chi connectivity index (χ3v) is 6.34. The number of aromatic nitrogens is 2. The Morgan fingerprint density at radius 3 is 2.59 bits per heavy atom. The Morgan fingerprint density at radius 1 is 1.21 bits per heavy atom. The van der Waals surface area contributed by atoms with Crippen molar-refractivity contribution in [2.75, 3.05) is 45.9 Å². The van der Waals surface area contributed by atoms with E-state index in [1.54, 1.807) is 17.8 Å². The molecule has 1 aromatic heterocycles. The highest BCUT2D eigenvalue weighted by atomic mass is 16.5. The van der Waals surface area contributed by atoms with Crippen molar-refractivity contribution in [2.24, 2.45) is 18.9 Å². The van der Waals surface area contributed by atoms with Gasteiger partial charge in [0.15, 0.2) is 0 Å². The maximum atomic E-state index is 12.4. The average molecular weight is 404 g/mol. The third kappa shape index (κ3) is 5.36. The first-order chi connectivity index (χ1) is 14.0. The lowest BCUT2D eigenvalue weighted by Crippen LogP contribution is -2.52. The minimum atomic E-state index is -0.166. The molecule has 29 heavy (non-hydrogen) atoms. The zero-order chi connectivity index (χ0) is 20.4. The van der Waals surface area contributed by atoms with Crippen molar-refractivity contribution < 1.29 is 14.3 Å². The molecule has 0 bridgehead atoms. The van der Waals surface area contributed by atoms with Gasteiger partial charge in [-0.15, -0.1) is 0 Å². The van der Waals surface area contributed by atoms with Crippen LogP contribution in [0.4, 0.5) is 0 Å². The van der Waals surface area contributed by atoms with Crippen molar-refractivity contribution in [3.63, 3.8) is 0 Å². The van der Waals surface area contributed by atoms with Gasteiger partial charge in [0.1, 0.15) is 12.3 Å². The molecule has 0 radical (unpaired) electrons. The zero-order valence-electron chi connectivity index (χ0n) is 17.6. The second-order valence-electron chi connectivity index (χ2n) is 8.92. The summed E-state index contributed by atoms with van der Waals surface area (Å²) >= 11 is 0. The fourth-order valence-electron chi connectivity index (χ4n) is 4.43. The molecule has 2 aliphatic heterocycles. The Bertz CT molecular complexity index is 737. The van der Waals surface area contributed by atoms with E-state index in [0.717, 1.165) is 31.2 Å². The van der Waals surface area contributed by atoms with Gasteiger partial charge in [0, 0.05) is 33.2 Å². The van der Waals surface area contributed by atoms with Gasteiger partial charge in [0.05, 0.1) is 11.8 Å². The highest BCUT2D eigenvalue weighted by Gasteiger charge is 2.31. The number of likely N-dealkylation sites (tertiary alicyclic amines) is 1. The number of hydrogen-bond donors (Lipinski definition) is 1. The van der Waals surface area contributed by atoms with Crippen molar-refractivity contribution in [2.45, 2.75) is 38.7 Å². The monoisotopic (exact) mass is 403 g/mol. The first-order valence-electron chi connectivity index (χ1n) is 10.9. The van der Waals surface area contributed by atoms with Crippen molar-refractivity contribution in [3.8, 4) is 0 Å². The van der Waals surface area contributed by atoms with Crippen LogP contribution in [0.25, 0.3) is 0 Å². The molecule has 8 nitrogen and oxygen atoms in total. The largest absolute Gasteiger partial charge is 0.365 e. The number of carbonyl (C=O) groups is 2. The lowest BCUT2D eigenvalue weighted by molar-refractivity contribution is -0.149. The van der Waals surface area contributed by atoms with Crippen LogP contribution in [-0.2, 0) is 16.6 Å². The zero-order valence-corrected chi connectivity index (χ0v) is 17.6. The number of piperidine rings is 1. The number of nitrogens with one attached hydrogen (secondary N) is 1. The number of ether oxygens (including phenoxy) is 1. The van der Waals surface area contributed by atoms with E-state index in [1.807, 2.05) is 11.8 Å². The van der Waals surface area contributed by atoms with Gasteiger partial charge < -0.3 is 19.9 Å². The molecule has 1 atom stereocenters. The molecule has 1 N–H and O–H groups in total. The average Bonchev–Trinajstić information content (AvgIpc) is 3.45. The van der Waals surface area contributed by atoms with Gasteiger partial charge in [0.25, 0.3) is 5.91 Å². The smallest absolute Gasteiger partial charge is 0.269 e. The topological polar surface area (TPSA) is 79.7 Å². The number of hydrogen-bond acceptors (Lipinski definition) is 5. The lowest BCUT2D eigenvalue weighted by Gasteiger charge is -2.38. The van der Waals surface area contributed by atoms with Gasteiger partial charge in [-0.2, -0.15) is 5.10 Å². The first-order valence-corrected chi connectivity index (χ1v) is 10.9. The van der Waals surface area contributed by atoms with E-state index in [4.69, 9.17) is 4.74 Å². The molecular formula is C21H33N5O3. The SMILES string of the molecule is Cc1cc(C(=O)NC[C@@H]2CN(CC3CCN(CC4CC4)CC3)C(=O)CO2)n(C)n1. The number of morpholine rings is 1. The maximum Gasteiger partial charge on any atom is 0.269 e. The molecule has 1 aromatic rings. The highest BCUT2D eigenvalue weighted by molar-refractivity contribution is 5.92. The Hall–Kier alpha value is -1.93. The van der Waals surface area contributed by atoms with Crippen LogP contribution < -0.4 is 5.32 Å². The van der Waals surface area contributed by atoms with Crippen LogP contribution in [0, 0.1) is 18.8 Å². The van der Waals surface area contributed by atoms with Gasteiger partial charge in [0.2, 0.25) is 5.91 Å². The van der Waals surface area contributed by atoms with Crippen molar-refractivity contribution in [1.82, 2.24) is 24.9 Å². The second kappa shape index (κ2) is 8.83. The van der Waals surface area contributed by atoms with Crippen LogP contribution in [0.2, 0.25) is 0 Å². The van der Waals surface area contributed by atoms with Gasteiger partial charge in [-0.1, -0.05) is 0 Å². The van der Waals surface area contributed by atoms with E-state index < -0.39 is 0 Å². The number of rotatable bonds is 7. The van der Waals surface area contributed by atoms with E-state index in [1.165, 1.54) is 32.2 Å². The number of aryl methyl sites for hydroxylation is 2. The van der Waals surface area contributed by atoms with E-state index in [-0.39, 0.29) is 24.5 Å². The van der Waals surface area contributed by atoms with Crippen molar-refractivity contribution in [3.05, 3.63) is 17.5 Å². The summed E-state index contributed by atoms with van der Waals surface area (Å²) in [6.07, 6.45) is 4.97. The van der Waals surface area contributed by atoms with Crippen LogP contribution in [0.5, 0.6) is 0 Å². The number of nitrogens with zero attached hydrogens (tertiary/aromatic N) is 4. The third-order valence-electron chi connectivity index (χ3n) is 6.34. The van der Waals surface area contributed by atoms with E-state index in [2.05, 4.69) is 15.3 Å². The summed E-state index contributed by atoms with van der Waals surface area (Å²) in [6.45, 7) is 7.30. The van der Waals surface area contributed by atoms with E-state index in [0.29, 0.717) is 24.7 Å². The highest BCUT2D eigenvalue weighted by Crippen LogP contribution is 2.31. The van der Waals surface area contributed by atoms with E-state index >= 15 is 0 Å². The van der Waals surface area contributed by atoms with Gasteiger partial charge in [-0.3, -0.25) is 14.3 Å². The molecule has 2 amide bonds. The Morgan fingerprint density at radius 2 is 1.93 bits per heavy atom. The molecule has 0 spiro atoms. The van der Waals surface area contributed by atoms with Crippen LogP contribution in [-0.4, -0.2) is 83.4 Å². The summed E-state index contributed by atoms with van der Waals surface area (Å²) in [5, 5.41) is 7.13. The molecular weight excluding hydrogens is 370 g/mol. The minimum absolute atomic E-state index is 0.0650. The molecule has 1 aliphatic carbocycles. The molecule has 3 heterocycles. The molecule has 3 aliphatic rings. The molecule has 160 valence electrons. The molecule has 8 heteroatoms. The van der Waals surface area contributed by atoms with Gasteiger partial charge >= 0.3 is 0 Å². The second-order valence-corrected chi connectivity index (χ2v) is 8.92.